The molecule has 152 valence electrons. The van der Waals surface area contributed by atoms with Gasteiger partial charge < -0.3 is 14.9 Å². The summed E-state index contributed by atoms with van der Waals surface area (Å²) in [6.45, 7) is 7.56. The number of hydrogen-bond donors (Lipinski definition) is 1. The van der Waals surface area contributed by atoms with Crippen molar-refractivity contribution in [2.24, 2.45) is 11.8 Å². The summed E-state index contributed by atoms with van der Waals surface area (Å²) in [6.07, 6.45) is 1.97. The molecule has 2 aromatic rings. The number of likely N-dealkylation sites (tertiary alicyclic amines) is 1. The average molecular weight is 391 g/mol. The molecule has 2 saturated heterocycles. The van der Waals surface area contributed by atoms with Gasteiger partial charge in [-0.1, -0.05) is 29.8 Å². The highest BCUT2D eigenvalue weighted by Gasteiger charge is 2.61. The number of aryl methyl sites for hydroxylation is 1. The van der Waals surface area contributed by atoms with Gasteiger partial charge in [0.05, 0.1) is 6.10 Å². The zero-order valence-electron chi connectivity index (χ0n) is 17.3. The van der Waals surface area contributed by atoms with Crippen molar-refractivity contribution in [2.75, 3.05) is 31.1 Å². The Balaban J connectivity index is 1.26. The molecule has 2 aliphatic heterocycles. The topological polar surface area (TPSA) is 43.8 Å². The number of nitrogens with zero attached hydrogens (tertiary/aromatic N) is 2. The van der Waals surface area contributed by atoms with Crippen LogP contribution in [0.25, 0.3) is 0 Å². The second kappa shape index (κ2) is 6.88. The van der Waals surface area contributed by atoms with E-state index in [4.69, 9.17) is 0 Å². The van der Waals surface area contributed by atoms with E-state index in [1.54, 1.807) is 0 Å². The number of fused-ring (bicyclic) bond motifs is 1. The minimum atomic E-state index is -0.261. The molecular weight excluding hydrogens is 360 g/mol. The molecule has 2 heterocycles. The van der Waals surface area contributed by atoms with Gasteiger partial charge in [-0.25, -0.2) is 0 Å². The van der Waals surface area contributed by atoms with E-state index in [0.29, 0.717) is 11.8 Å². The van der Waals surface area contributed by atoms with Gasteiger partial charge in [-0.05, 0) is 62.4 Å². The van der Waals surface area contributed by atoms with Crippen molar-refractivity contribution < 1.29 is 9.90 Å². The van der Waals surface area contributed by atoms with Crippen LogP contribution < -0.4 is 4.90 Å². The first-order valence-electron chi connectivity index (χ1n) is 10.9. The molecule has 4 atom stereocenters. The second-order valence-corrected chi connectivity index (χ2v) is 9.39. The van der Waals surface area contributed by atoms with Crippen molar-refractivity contribution in [3.63, 3.8) is 0 Å². The lowest BCUT2D eigenvalue weighted by Crippen LogP contribution is -2.32. The number of benzene rings is 2. The lowest BCUT2D eigenvalue weighted by atomic mass is 9.94. The molecule has 0 radical (unpaired) electrons. The van der Waals surface area contributed by atoms with Gasteiger partial charge in [0.15, 0.2) is 0 Å². The zero-order valence-corrected chi connectivity index (χ0v) is 17.3. The number of amides is 1. The van der Waals surface area contributed by atoms with Crippen LogP contribution >= 0.6 is 0 Å². The summed E-state index contributed by atoms with van der Waals surface area (Å²) in [4.78, 5) is 17.4. The Bertz CT molecular complexity index is 905. The summed E-state index contributed by atoms with van der Waals surface area (Å²) in [5.74, 6) is 1.10. The zero-order chi connectivity index (χ0) is 20.2. The van der Waals surface area contributed by atoms with Crippen LogP contribution in [-0.2, 0) is 5.41 Å². The predicted octanol–water partition coefficient (Wildman–Crippen LogP) is 3.62. The molecule has 1 aliphatic carbocycles. The molecule has 1 saturated carbocycles. The van der Waals surface area contributed by atoms with Crippen LogP contribution in [0, 0.1) is 18.8 Å². The van der Waals surface area contributed by atoms with Crippen molar-refractivity contribution in [2.45, 2.75) is 38.2 Å². The van der Waals surface area contributed by atoms with Crippen LogP contribution in [0.1, 0.15) is 41.3 Å². The predicted molar refractivity (Wildman–Crippen MR) is 115 cm³/mol. The number of rotatable bonds is 4. The van der Waals surface area contributed by atoms with E-state index < -0.39 is 0 Å². The van der Waals surface area contributed by atoms with Gasteiger partial charge >= 0.3 is 0 Å². The summed E-state index contributed by atoms with van der Waals surface area (Å²) in [7, 11) is 0. The van der Waals surface area contributed by atoms with Crippen molar-refractivity contribution in [1.82, 2.24) is 4.90 Å². The Morgan fingerprint density at radius 2 is 1.83 bits per heavy atom. The Morgan fingerprint density at radius 1 is 1.10 bits per heavy atom. The molecule has 0 spiro atoms. The molecule has 3 aliphatic rings. The lowest BCUT2D eigenvalue weighted by molar-refractivity contribution is 0.0772. The monoisotopic (exact) mass is 390 g/mol. The molecule has 1 N–H and O–H groups in total. The molecule has 3 fully saturated rings. The molecule has 4 heteroatoms. The normalized spacial score (nSPS) is 29.1. The fraction of sp³-hybridized carbons (Fsp3) is 0.480. The van der Waals surface area contributed by atoms with Crippen LogP contribution in [0.5, 0.6) is 0 Å². The van der Waals surface area contributed by atoms with Gasteiger partial charge in [-0.15, -0.1) is 0 Å². The quantitative estimate of drug-likeness (QED) is 0.867. The number of hydrogen-bond acceptors (Lipinski definition) is 3. The van der Waals surface area contributed by atoms with Gasteiger partial charge in [-0.2, -0.15) is 0 Å². The van der Waals surface area contributed by atoms with Gasteiger partial charge in [-0.3, -0.25) is 4.79 Å². The standard InChI is InChI=1S/C25H30N2O2/c1-17-3-7-21(8-4-17)25-13-22(25)15-27(16-25)24(29)19-5-9-23(10-6-19)26-12-11-20(14-26)18(2)28/h3-10,18,20,22,28H,11-16H2,1-2H3/t18?,20?,22-,25+/m0/s1. The third-order valence-corrected chi connectivity index (χ3v) is 7.45. The SMILES string of the molecule is Cc1ccc([C@]23C[C@H]2CN(C(=O)c2ccc(N4CCC(C(C)O)C4)cc2)C3)cc1. The molecule has 2 aromatic carbocycles. The van der Waals surface area contributed by atoms with E-state index >= 15 is 0 Å². The number of carbonyl (C=O) groups excluding carboxylic acids is 1. The lowest BCUT2D eigenvalue weighted by Gasteiger charge is -2.23. The second-order valence-electron chi connectivity index (χ2n) is 9.39. The van der Waals surface area contributed by atoms with Gasteiger partial charge in [0.25, 0.3) is 5.91 Å². The Morgan fingerprint density at radius 3 is 2.48 bits per heavy atom. The first kappa shape index (κ1) is 18.7. The molecule has 0 bridgehead atoms. The van der Waals surface area contributed by atoms with Crippen LogP contribution in [0.3, 0.4) is 0 Å². The molecule has 5 rings (SSSR count). The third kappa shape index (κ3) is 3.24. The smallest absolute Gasteiger partial charge is 0.253 e. The van der Waals surface area contributed by atoms with Crippen LogP contribution in [-0.4, -0.2) is 48.2 Å². The Labute approximate surface area is 173 Å². The molecule has 4 nitrogen and oxygen atoms in total. The first-order valence-corrected chi connectivity index (χ1v) is 10.9. The number of anilines is 1. The minimum Gasteiger partial charge on any atom is -0.393 e. The van der Waals surface area contributed by atoms with E-state index in [1.165, 1.54) is 17.5 Å². The maximum absolute atomic E-state index is 13.1. The largest absolute Gasteiger partial charge is 0.393 e. The highest BCUT2D eigenvalue weighted by atomic mass is 16.3. The van der Waals surface area contributed by atoms with Crippen LogP contribution in [0.4, 0.5) is 5.69 Å². The van der Waals surface area contributed by atoms with Gasteiger partial charge in [0.2, 0.25) is 0 Å². The van der Waals surface area contributed by atoms with Crippen LogP contribution in [0.2, 0.25) is 0 Å². The van der Waals surface area contributed by atoms with E-state index in [-0.39, 0.29) is 17.4 Å². The van der Waals surface area contributed by atoms with Crippen LogP contribution in [0.15, 0.2) is 48.5 Å². The van der Waals surface area contributed by atoms with E-state index in [1.807, 2.05) is 24.0 Å². The van der Waals surface area contributed by atoms with E-state index in [2.05, 4.69) is 48.2 Å². The minimum absolute atomic E-state index is 0.151. The van der Waals surface area contributed by atoms with Gasteiger partial charge in [0, 0.05) is 48.8 Å². The number of piperidine rings is 1. The fourth-order valence-electron chi connectivity index (χ4n) is 5.38. The summed E-state index contributed by atoms with van der Waals surface area (Å²) in [6, 6.07) is 16.9. The Hall–Kier alpha value is -2.33. The third-order valence-electron chi connectivity index (χ3n) is 7.45. The molecule has 29 heavy (non-hydrogen) atoms. The average Bonchev–Trinajstić information content (AvgIpc) is 3.09. The van der Waals surface area contributed by atoms with Crippen molar-refractivity contribution in [1.29, 1.82) is 0 Å². The Kier molecular flexibility index (Phi) is 4.43. The van der Waals surface area contributed by atoms with E-state index in [0.717, 1.165) is 43.9 Å². The number of carbonyl (C=O) groups is 1. The first-order chi connectivity index (χ1) is 14.0. The van der Waals surface area contributed by atoms with Crippen molar-refractivity contribution in [3.8, 4) is 0 Å². The molecule has 0 aromatic heterocycles. The number of aliphatic hydroxyl groups excluding tert-OH is 1. The molecule has 1 amide bonds. The van der Waals surface area contributed by atoms with E-state index in [9.17, 15) is 9.90 Å². The summed E-state index contributed by atoms with van der Waals surface area (Å²) >= 11 is 0. The van der Waals surface area contributed by atoms with Crippen molar-refractivity contribution in [3.05, 3.63) is 65.2 Å². The highest BCUT2D eigenvalue weighted by Crippen LogP contribution is 2.59. The molecular formula is C25H30N2O2. The van der Waals surface area contributed by atoms with Gasteiger partial charge in [0.1, 0.15) is 0 Å². The maximum Gasteiger partial charge on any atom is 0.253 e. The summed E-state index contributed by atoms with van der Waals surface area (Å²) in [5, 5.41) is 9.82. The molecule has 2 unspecified atom stereocenters. The highest BCUT2D eigenvalue weighted by molar-refractivity contribution is 5.95. The summed E-state index contributed by atoms with van der Waals surface area (Å²) in [5.41, 5.74) is 4.78. The summed E-state index contributed by atoms with van der Waals surface area (Å²) < 4.78 is 0. The maximum atomic E-state index is 13.1. The number of aliphatic hydroxyl groups is 1. The van der Waals surface area contributed by atoms with Crippen molar-refractivity contribution >= 4 is 11.6 Å². The fourth-order valence-corrected chi connectivity index (χ4v) is 5.38.